The van der Waals surface area contributed by atoms with Crippen LogP contribution in [0, 0.1) is 11.3 Å². The Balaban J connectivity index is 3.52. The molecule has 0 saturated heterocycles. The third-order valence-electron chi connectivity index (χ3n) is 2.02. The summed E-state index contributed by atoms with van der Waals surface area (Å²) in [7, 11) is 0. The number of nitrogens with two attached hydrogens (primary N) is 1. The number of carboxylic acid groups (broad SMARTS) is 1. The minimum Gasteiger partial charge on any atom is -0.478 e. The van der Waals surface area contributed by atoms with E-state index in [1.165, 1.54) is 12.1 Å². The molecule has 8 heteroatoms. The van der Waals surface area contributed by atoms with Crippen molar-refractivity contribution in [2.24, 2.45) is 5.73 Å². The summed E-state index contributed by atoms with van der Waals surface area (Å²) < 4.78 is 40.1. The number of ether oxygens (including phenoxy) is 1. The lowest BCUT2D eigenvalue weighted by Crippen LogP contribution is -2.21. The van der Waals surface area contributed by atoms with Crippen LogP contribution in [0.2, 0.25) is 0 Å². The Morgan fingerprint density at radius 2 is 2.11 bits per heavy atom. The van der Waals surface area contributed by atoms with Gasteiger partial charge in [-0.1, -0.05) is 6.07 Å². The second-order valence-corrected chi connectivity index (χ2v) is 3.15. The Hall–Kier alpha value is -2.27. The van der Waals surface area contributed by atoms with E-state index in [2.05, 4.69) is 4.74 Å². The zero-order valence-electron chi connectivity index (χ0n) is 8.78. The van der Waals surface area contributed by atoms with Gasteiger partial charge < -0.3 is 15.6 Å². The van der Waals surface area contributed by atoms with Crippen molar-refractivity contribution in [3.8, 4) is 11.8 Å². The Morgan fingerprint density at radius 3 is 2.50 bits per heavy atom. The molecule has 96 valence electrons. The highest BCUT2D eigenvalue weighted by Gasteiger charge is 2.35. The maximum absolute atomic E-state index is 12.2. The number of halogens is 3. The normalized spacial score (nSPS) is 10.8. The maximum Gasteiger partial charge on any atom is 0.573 e. The topological polar surface area (TPSA) is 96.3 Å². The van der Waals surface area contributed by atoms with Crippen LogP contribution in [0.4, 0.5) is 13.2 Å². The Bertz CT molecular complexity index is 520. The van der Waals surface area contributed by atoms with Gasteiger partial charge in [0.25, 0.3) is 0 Å². The van der Waals surface area contributed by atoms with E-state index < -0.39 is 29.2 Å². The van der Waals surface area contributed by atoms with Crippen molar-refractivity contribution in [1.82, 2.24) is 0 Å². The van der Waals surface area contributed by atoms with E-state index in [-0.39, 0.29) is 12.1 Å². The average Bonchev–Trinajstić information content (AvgIpc) is 2.25. The standard InChI is InChI=1S/C10H7F3N2O3/c11-10(12,13)18-8-6(4-15)2-1-5(3-14)7(8)9(16)17/h1-2H,3,14H2,(H,16,17). The molecule has 1 rings (SSSR count). The molecule has 0 aliphatic heterocycles. The van der Waals surface area contributed by atoms with Gasteiger partial charge in [-0.3, -0.25) is 0 Å². The second kappa shape index (κ2) is 4.93. The number of carboxylic acids is 1. The van der Waals surface area contributed by atoms with Crippen molar-refractivity contribution in [3.05, 3.63) is 28.8 Å². The van der Waals surface area contributed by atoms with Gasteiger partial charge in [0.05, 0.1) is 5.56 Å². The number of benzene rings is 1. The van der Waals surface area contributed by atoms with Gasteiger partial charge in [0.1, 0.15) is 11.6 Å². The van der Waals surface area contributed by atoms with E-state index in [1.54, 1.807) is 0 Å². The van der Waals surface area contributed by atoms with Crippen LogP contribution in [0.1, 0.15) is 21.5 Å². The van der Waals surface area contributed by atoms with E-state index in [0.717, 1.165) is 6.07 Å². The van der Waals surface area contributed by atoms with Gasteiger partial charge in [-0.25, -0.2) is 4.79 Å². The minimum atomic E-state index is -5.09. The molecule has 5 nitrogen and oxygen atoms in total. The third-order valence-corrected chi connectivity index (χ3v) is 2.02. The summed E-state index contributed by atoms with van der Waals surface area (Å²) in [6, 6.07) is 3.63. The molecule has 0 atom stereocenters. The first-order chi connectivity index (χ1) is 8.30. The highest BCUT2D eigenvalue weighted by atomic mass is 19.4. The predicted molar refractivity (Wildman–Crippen MR) is 52.7 cm³/mol. The van der Waals surface area contributed by atoms with Crippen molar-refractivity contribution in [1.29, 1.82) is 5.26 Å². The van der Waals surface area contributed by atoms with Crippen molar-refractivity contribution in [2.75, 3.05) is 0 Å². The maximum atomic E-state index is 12.2. The Morgan fingerprint density at radius 1 is 1.50 bits per heavy atom. The largest absolute Gasteiger partial charge is 0.573 e. The lowest BCUT2D eigenvalue weighted by molar-refractivity contribution is -0.274. The molecule has 0 heterocycles. The number of hydrogen-bond donors (Lipinski definition) is 2. The first-order valence-corrected chi connectivity index (χ1v) is 4.55. The number of aromatic carboxylic acids is 1. The van der Waals surface area contributed by atoms with E-state index in [1.807, 2.05) is 0 Å². The number of carbonyl (C=O) groups is 1. The Labute approximate surface area is 99.2 Å². The monoisotopic (exact) mass is 260 g/mol. The molecular weight excluding hydrogens is 253 g/mol. The fourth-order valence-electron chi connectivity index (χ4n) is 1.34. The van der Waals surface area contributed by atoms with E-state index in [4.69, 9.17) is 16.1 Å². The third kappa shape index (κ3) is 2.89. The summed E-state index contributed by atoms with van der Waals surface area (Å²) in [6.07, 6.45) is -5.09. The molecule has 18 heavy (non-hydrogen) atoms. The molecule has 1 aromatic rings. The molecule has 0 aliphatic rings. The zero-order valence-corrected chi connectivity index (χ0v) is 8.78. The summed E-state index contributed by atoms with van der Waals surface area (Å²) in [6.45, 7) is -0.290. The van der Waals surface area contributed by atoms with Gasteiger partial charge in [-0.2, -0.15) is 5.26 Å². The number of hydrogen-bond acceptors (Lipinski definition) is 4. The first kappa shape index (κ1) is 13.8. The van der Waals surface area contributed by atoms with Crippen molar-refractivity contribution in [2.45, 2.75) is 12.9 Å². The van der Waals surface area contributed by atoms with Crippen LogP contribution in [0.3, 0.4) is 0 Å². The Kier molecular flexibility index (Phi) is 3.78. The van der Waals surface area contributed by atoms with Gasteiger partial charge in [0.15, 0.2) is 5.75 Å². The molecule has 0 radical (unpaired) electrons. The molecule has 0 saturated carbocycles. The molecular formula is C10H7F3N2O3. The second-order valence-electron chi connectivity index (χ2n) is 3.15. The molecule has 1 aromatic carbocycles. The van der Waals surface area contributed by atoms with Crippen LogP contribution in [0.25, 0.3) is 0 Å². The first-order valence-electron chi connectivity index (χ1n) is 4.55. The molecule has 0 aromatic heterocycles. The molecule has 0 bridgehead atoms. The lowest BCUT2D eigenvalue weighted by Gasteiger charge is -2.14. The summed E-state index contributed by atoms with van der Waals surface area (Å²) >= 11 is 0. The van der Waals surface area contributed by atoms with Crippen molar-refractivity contribution in [3.63, 3.8) is 0 Å². The fraction of sp³-hybridized carbons (Fsp3) is 0.200. The van der Waals surface area contributed by atoms with Crippen LogP contribution in [0.15, 0.2) is 12.1 Å². The van der Waals surface area contributed by atoms with Crippen LogP contribution < -0.4 is 10.5 Å². The van der Waals surface area contributed by atoms with Gasteiger partial charge in [0.2, 0.25) is 0 Å². The summed E-state index contributed by atoms with van der Waals surface area (Å²) in [4.78, 5) is 10.9. The SMILES string of the molecule is N#Cc1ccc(CN)c(C(=O)O)c1OC(F)(F)F. The number of rotatable bonds is 3. The average molecular weight is 260 g/mol. The van der Waals surface area contributed by atoms with Crippen molar-refractivity contribution < 1.29 is 27.8 Å². The van der Waals surface area contributed by atoms with E-state index in [9.17, 15) is 18.0 Å². The van der Waals surface area contributed by atoms with Gasteiger partial charge in [0, 0.05) is 6.54 Å². The van der Waals surface area contributed by atoms with Crippen LogP contribution in [-0.2, 0) is 6.54 Å². The fourth-order valence-corrected chi connectivity index (χ4v) is 1.34. The van der Waals surface area contributed by atoms with Gasteiger partial charge in [-0.05, 0) is 11.6 Å². The molecule has 0 fully saturated rings. The minimum absolute atomic E-state index is 0.0549. The highest BCUT2D eigenvalue weighted by Crippen LogP contribution is 2.32. The molecule has 0 amide bonds. The lowest BCUT2D eigenvalue weighted by atomic mass is 10.0. The number of alkyl halides is 3. The molecule has 0 unspecified atom stereocenters. The predicted octanol–water partition coefficient (Wildman–Crippen LogP) is 1.61. The molecule has 0 aliphatic carbocycles. The zero-order chi connectivity index (χ0) is 13.9. The van der Waals surface area contributed by atoms with Gasteiger partial charge >= 0.3 is 12.3 Å². The van der Waals surface area contributed by atoms with Gasteiger partial charge in [-0.15, -0.1) is 13.2 Å². The molecule has 0 spiro atoms. The number of nitriles is 1. The summed E-state index contributed by atoms with van der Waals surface area (Å²) in [5, 5.41) is 17.5. The quantitative estimate of drug-likeness (QED) is 0.860. The van der Waals surface area contributed by atoms with Crippen LogP contribution in [-0.4, -0.2) is 17.4 Å². The molecule has 3 N–H and O–H groups in total. The van der Waals surface area contributed by atoms with Crippen molar-refractivity contribution >= 4 is 5.97 Å². The highest BCUT2D eigenvalue weighted by molar-refractivity contribution is 5.93. The van der Waals surface area contributed by atoms with E-state index >= 15 is 0 Å². The number of nitrogens with zero attached hydrogens (tertiary/aromatic N) is 1. The van der Waals surface area contributed by atoms with Crippen LogP contribution >= 0.6 is 0 Å². The summed E-state index contributed by atoms with van der Waals surface area (Å²) in [5.41, 5.74) is 3.89. The van der Waals surface area contributed by atoms with Crippen LogP contribution in [0.5, 0.6) is 5.75 Å². The van der Waals surface area contributed by atoms with E-state index in [0.29, 0.717) is 0 Å². The summed E-state index contributed by atoms with van der Waals surface area (Å²) in [5.74, 6) is -2.69. The smallest absolute Gasteiger partial charge is 0.478 e.